The van der Waals surface area contributed by atoms with Crippen molar-refractivity contribution in [3.05, 3.63) is 47.2 Å². The third-order valence-electron chi connectivity index (χ3n) is 5.94. The summed E-state index contributed by atoms with van der Waals surface area (Å²) in [7, 11) is 3.27. The van der Waals surface area contributed by atoms with Crippen LogP contribution in [0.2, 0.25) is 0 Å². The molecule has 1 aromatic carbocycles. The molecule has 0 bridgehead atoms. The van der Waals surface area contributed by atoms with Crippen LogP contribution in [0.5, 0.6) is 11.5 Å². The Morgan fingerprint density at radius 3 is 2.50 bits per heavy atom. The van der Waals surface area contributed by atoms with Crippen LogP contribution in [0.15, 0.2) is 30.5 Å². The van der Waals surface area contributed by atoms with Gasteiger partial charge in [-0.15, -0.1) is 0 Å². The van der Waals surface area contributed by atoms with Crippen LogP contribution in [-0.4, -0.2) is 49.8 Å². The third kappa shape index (κ3) is 4.45. The minimum Gasteiger partial charge on any atom is -0.493 e. The van der Waals surface area contributed by atoms with E-state index in [0.717, 1.165) is 42.2 Å². The lowest BCUT2D eigenvalue weighted by molar-refractivity contribution is 0.191. The van der Waals surface area contributed by atoms with Gasteiger partial charge in [0, 0.05) is 38.9 Å². The number of hydrogen-bond acceptors (Lipinski definition) is 5. The first-order valence-electron chi connectivity index (χ1n) is 10.6. The lowest BCUT2D eigenvalue weighted by Crippen LogP contribution is -2.42. The average molecular weight is 411 g/mol. The number of aromatic nitrogens is 1. The molecule has 0 spiro atoms. The maximum Gasteiger partial charge on any atom is 0.317 e. The Balaban J connectivity index is 1.37. The zero-order valence-electron chi connectivity index (χ0n) is 17.8. The van der Waals surface area contributed by atoms with Crippen LogP contribution in [0.1, 0.15) is 36.0 Å². The normalized spacial score (nSPS) is 16.1. The Bertz CT molecular complexity index is 896. The number of pyridine rings is 1. The number of hydrogen-bond donors (Lipinski definition) is 1. The summed E-state index contributed by atoms with van der Waals surface area (Å²) in [6, 6.07) is 8.00. The lowest BCUT2D eigenvalue weighted by Gasteiger charge is -2.30. The Kier molecular flexibility index (Phi) is 6.26. The van der Waals surface area contributed by atoms with E-state index in [1.807, 2.05) is 29.3 Å². The van der Waals surface area contributed by atoms with Crippen molar-refractivity contribution in [3.8, 4) is 11.5 Å². The van der Waals surface area contributed by atoms with Gasteiger partial charge in [0.25, 0.3) is 0 Å². The standard InChI is InChI=1S/C23H30N4O3/c1-29-20-13-18-7-11-27(16-19(18)14-21(20)30-2)23(28)25-15-17-6-8-24-22(12-17)26-9-4-3-5-10-26/h6,8,12-14H,3-5,7,9-11,15-16H2,1-2H3,(H,25,28). The van der Waals surface area contributed by atoms with E-state index in [0.29, 0.717) is 25.4 Å². The van der Waals surface area contributed by atoms with Gasteiger partial charge in [0.15, 0.2) is 11.5 Å². The second-order valence-electron chi connectivity index (χ2n) is 7.88. The van der Waals surface area contributed by atoms with Crippen molar-refractivity contribution in [2.45, 2.75) is 38.8 Å². The van der Waals surface area contributed by atoms with Crippen LogP contribution < -0.4 is 19.7 Å². The van der Waals surface area contributed by atoms with Gasteiger partial charge in [-0.25, -0.2) is 9.78 Å². The number of rotatable bonds is 5. The number of fused-ring (bicyclic) bond motifs is 1. The summed E-state index contributed by atoms with van der Waals surface area (Å²) in [5, 5.41) is 3.07. The number of benzene rings is 1. The van der Waals surface area contributed by atoms with Gasteiger partial charge in [-0.05, 0) is 66.6 Å². The number of carbonyl (C=O) groups is 1. The molecule has 2 aromatic rings. The summed E-state index contributed by atoms with van der Waals surface area (Å²) in [4.78, 5) is 21.5. The molecule has 0 unspecified atom stereocenters. The van der Waals surface area contributed by atoms with Gasteiger partial charge in [0.05, 0.1) is 14.2 Å². The molecule has 7 heteroatoms. The first-order valence-corrected chi connectivity index (χ1v) is 10.6. The highest BCUT2D eigenvalue weighted by Gasteiger charge is 2.23. The molecule has 0 aliphatic carbocycles. The second kappa shape index (κ2) is 9.24. The number of amides is 2. The minimum atomic E-state index is -0.0493. The van der Waals surface area contributed by atoms with Gasteiger partial charge in [-0.2, -0.15) is 0 Å². The van der Waals surface area contributed by atoms with Crippen LogP contribution in [-0.2, 0) is 19.5 Å². The van der Waals surface area contributed by atoms with Crippen LogP contribution in [0.4, 0.5) is 10.6 Å². The number of carbonyl (C=O) groups excluding carboxylic acids is 1. The van der Waals surface area contributed by atoms with E-state index in [1.54, 1.807) is 14.2 Å². The molecule has 160 valence electrons. The number of ether oxygens (including phenoxy) is 2. The summed E-state index contributed by atoms with van der Waals surface area (Å²) in [5.41, 5.74) is 3.38. The Morgan fingerprint density at radius 2 is 1.77 bits per heavy atom. The molecule has 0 saturated carbocycles. The molecule has 7 nitrogen and oxygen atoms in total. The lowest BCUT2D eigenvalue weighted by atomic mass is 9.99. The number of methoxy groups -OCH3 is 2. The van der Waals surface area contributed by atoms with Gasteiger partial charge in [0.2, 0.25) is 0 Å². The molecular formula is C23H30N4O3. The van der Waals surface area contributed by atoms with E-state index in [1.165, 1.54) is 24.8 Å². The molecule has 2 aliphatic rings. The predicted octanol–water partition coefficient (Wildman–Crippen LogP) is 3.36. The zero-order chi connectivity index (χ0) is 20.9. The summed E-state index contributed by atoms with van der Waals surface area (Å²) in [6.45, 7) is 3.87. The summed E-state index contributed by atoms with van der Waals surface area (Å²) >= 11 is 0. The van der Waals surface area contributed by atoms with Gasteiger partial charge in [-0.3, -0.25) is 0 Å². The second-order valence-corrected chi connectivity index (χ2v) is 7.88. The molecule has 0 atom stereocenters. The first kappa shape index (κ1) is 20.3. The molecule has 2 amide bonds. The fraction of sp³-hybridized carbons (Fsp3) is 0.478. The smallest absolute Gasteiger partial charge is 0.317 e. The highest BCUT2D eigenvalue weighted by molar-refractivity contribution is 5.74. The quantitative estimate of drug-likeness (QED) is 0.819. The van der Waals surface area contributed by atoms with Crippen LogP contribution in [0, 0.1) is 0 Å². The van der Waals surface area contributed by atoms with E-state index in [2.05, 4.69) is 21.3 Å². The van der Waals surface area contributed by atoms with E-state index >= 15 is 0 Å². The fourth-order valence-corrected chi connectivity index (χ4v) is 4.21. The molecule has 4 rings (SSSR count). The van der Waals surface area contributed by atoms with Gasteiger partial charge < -0.3 is 24.6 Å². The molecule has 1 aromatic heterocycles. The number of piperidine rings is 1. The first-order chi connectivity index (χ1) is 14.7. The molecule has 30 heavy (non-hydrogen) atoms. The van der Waals surface area contributed by atoms with Gasteiger partial charge in [-0.1, -0.05) is 0 Å². The van der Waals surface area contributed by atoms with E-state index < -0.39 is 0 Å². The van der Waals surface area contributed by atoms with E-state index in [4.69, 9.17) is 9.47 Å². The number of anilines is 1. The van der Waals surface area contributed by atoms with Gasteiger partial charge >= 0.3 is 6.03 Å². The topological polar surface area (TPSA) is 66.9 Å². The van der Waals surface area contributed by atoms with Crippen LogP contribution in [0.25, 0.3) is 0 Å². The minimum absolute atomic E-state index is 0.0493. The number of nitrogens with zero attached hydrogens (tertiary/aromatic N) is 3. The van der Waals surface area contributed by atoms with Crippen molar-refractivity contribution in [1.29, 1.82) is 0 Å². The van der Waals surface area contributed by atoms with E-state index in [-0.39, 0.29) is 6.03 Å². The Hall–Kier alpha value is -2.96. The molecule has 1 N–H and O–H groups in total. The van der Waals surface area contributed by atoms with Gasteiger partial charge in [0.1, 0.15) is 5.82 Å². The maximum absolute atomic E-state index is 12.8. The number of urea groups is 1. The van der Waals surface area contributed by atoms with Crippen LogP contribution in [0.3, 0.4) is 0 Å². The van der Waals surface area contributed by atoms with E-state index in [9.17, 15) is 4.79 Å². The molecule has 3 heterocycles. The van der Waals surface area contributed by atoms with Crippen molar-refractivity contribution in [1.82, 2.24) is 15.2 Å². The van der Waals surface area contributed by atoms with Crippen molar-refractivity contribution in [3.63, 3.8) is 0 Å². The van der Waals surface area contributed by atoms with Crippen molar-refractivity contribution >= 4 is 11.8 Å². The molecule has 0 radical (unpaired) electrons. The van der Waals surface area contributed by atoms with Crippen LogP contribution >= 0.6 is 0 Å². The van der Waals surface area contributed by atoms with Crippen molar-refractivity contribution < 1.29 is 14.3 Å². The molecular weight excluding hydrogens is 380 g/mol. The SMILES string of the molecule is COc1cc2c(cc1OC)CN(C(=O)NCc1ccnc(N3CCCCC3)c1)CC2. The zero-order valence-corrected chi connectivity index (χ0v) is 17.8. The summed E-state index contributed by atoms with van der Waals surface area (Å²) in [6.07, 6.45) is 6.37. The Labute approximate surface area is 178 Å². The molecule has 1 saturated heterocycles. The number of nitrogens with one attached hydrogen (secondary N) is 1. The highest BCUT2D eigenvalue weighted by atomic mass is 16.5. The fourth-order valence-electron chi connectivity index (χ4n) is 4.21. The predicted molar refractivity (Wildman–Crippen MR) is 116 cm³/mol. The molecule has 2 aliphatic heterocycles. The summed E-state index contributed by atoms with van der Waals surface area (Å²) in [5.74, 6) is 2.44. The van der Waals surface area contributed by atoms with Crippen molar-refractivity contribution in [2.75, 3.05) is 38.8 Å². The highest BCUT2D eigenvalue weighted by Crippen LogP contribution is 2.33. The summed E-state index contributed by atoms with van der Waals surface area (Å²) < 4.78 is 10.8. The maximum atomic E-state index is 12.8. The monoisotopic (exact) mass is 410 g/mol. The largest absolute Gasteiger partial charge is 0.493 e. The van der Waals surface area contributed by atoms with Crippen molar-refractivity contribution in [2.24, 2.45) is 0 Å². The third-order valence-corrected chi connectivity index (χ3v) is 5.94. The molecule has 1 fully saturated rings. The Morgan fingerprint density at radius 1 is 1.03 bits per heavy atom. The average Bonchev–Trinajstić information content (AvgIpc) is 2.82.